The molecule has 0 saturated carbocycles. The van der Waals surface area contributed by atoms with E-state index >= 15 is 0 Å². The van der Waals surface area contributed by atoms with Crippen LogP contribution < -0.4 is 15.0 Å². The van der Waals surface area contributed by atoms with Gasteiger partial charge in [0.25, 0.3) is 5.91 Å². The second-order valence-electron chi connectivity index (χ2n) is 7.34. The Morgan fingerprint density at radius 2 is 2.09 bits per heavy atom. The monoisotopic (exact) mass is 450 g/mol. The number of hydrogen-bond donors (Lipinski definition) is 2. The van der Waals surface area contributed by atoms with E-state index < -0.39 is 11.7 Å². The van der Waals surface area contributed by atoms with Gasteiger partial charge in [-0.25, -0.2) is 14.4 Å². The number of aliphatic hydroxyl groups excluding tert-OH is 1. The summed E-state index contributed by atoms with van der Waals surface area (Å²) in [6.45, 7) is 0.307. The van der Waals surface area contributed by atoms with E-state index in [0.717, 1.165) is 10.9 Å². The number of methoxy groups -OCH3 is 1. The van der Waals surface area contributed by atoms with Gasteiger partial charge in [0, 0.05) is 32.2 Å². The van der Waals surface area contributed by atoms with E-state index in [0.29, 0.717) is 17.9 Å². The maximum absolute atomic E-state index is 14.5. The number of fused-ring (bicyclic) bond motifs is 1. The van der Waals surface area contributed by atoms with E-state index in [1.54, 1.807) is 23.0 Å². The van der Waals surface area contributed by atoms with Crippen LogP contribution in [0.5, 0.6) is 5.75 Å². The molecule has 0 aliphatic heterocycles. The Kier molecular flexibility index (Phi) is 6.18. The summed E-state index contributed by atoms with van der Waals surface area (Å²) in [7, 11) is 5.07. The fraction of sp³-hybridized carbons (Fsp3) is 0.217. The molecule has 0 aliphatic carbocycles. The number of aliphatic hydroxyl groups is 1. The molecule has 10 heteroatoms. The lowest BCUT2D eigenvalue weighted by Gasteiger charge is -2.23. The van der Waals surface area contributed by atoms with Crippen molar-refractivity contribution in [1.29, 1.82) is 0 Å². The van der Waals surface area contributed by atoms with Crippen LogP contribution in [-0.4, -0.2) is 58.1 Å². The van der Waals surface area contributed by atoms with Gasteiger partial charge >= 0.3 is 0 Å². The molecule has 0 atom stereocenters. The van der Waals surface area contributed by atoms with Crippen molar-refractivity contribution in [3.8, 4) is 17.1 Å². The average Bonchev–Trinajstić information content (AvgIpc) is 3.19. The van der Waals surface area contributed by atoms with Gasteiger partial charge in [0.2, 0.25) is 0 Å². The summed E-state index contributed by atoms with van der Waals surface area (Å²) in [5.74, 6) is -0.738. The van der Waals surface area contributed by atoms with Gasteiger partial charge in [-0.1, -0.05) is 6.07 Å². The van der Waals surface area contributed by atoms with Crippen molar-refractivity contribution in [2.24, 2.45) is 7.05 Å². The SMILES string of the molecule is COc1cccc(F)c1-c1nccc(C(=O)Nc2ccc3c(cnn3C)c2N(C)CCO)n1. The molecule has 170 valence electrons. The highest BCUT2D eigenvalue weighted by Crippen LogP contribution is 2.34. The lowest BCUT2D eigenvalue weighted by molar-refractivity contribution is 0.102. The topological polar surface area (TPSA) is 105 Å². The normalized spacial score (nSPS) is 10.9. The van der Waals surface area contributed by atoms with Gasteiger partial charge < -0.3 is 20.1 Å². The molecule has 33 heavy (non-hydrogen) atoms. The summed E-state index contributed by atoms with van der Waals surface area (Å²) in [6, 6.07) is 9.47. The van der Waals surface area contributed by atoms with Crippen molar-refractivity contribution < 1.29 is 19.0 Å². The summed E-state index contributed by atoms with van der Waals surface area (Å²) in [4.78, 5) is 23.3. The van der Waals surface area contributed by atoms with Gasteiger partial charge in [-0.05, 0) is 30.3 Å². The van der Waals surface area contributed by atoms with Gasteiger partial charge in [-0.2, -0.15) is 5.10 Å². The summed E-state index contributed by atoms with van der Waals surface area (Å²) in [5, 5.41) is 17.4. The predicted molar refractivity (Wildman–Crippen MR) is 123 cm³/mol. The van der Waals surface area contributed by atoms with Crippen LogP contribution >= 0.6 is 0 Å². The number of hydrogen-bond acceptors (Lipinski definition) is 7. The molecule has 0 fully saturated rings. The third-order valence-corrected chi connectivity index (χ3v) is 5.28. The smallest absolute Gasteiger partial charge is 0.274 e. The maximum Gasteiger partial charge on any atom is 0.274 e. The molecule has 2 N–H and O–H groups in total. The standard InChI is InChI=1S/C23H23FN6O3/c1-29(11-12-31)21-14-13-26-30(2)18(14)8-7-16(21)28-23(32)17-9-10-25-22(27-17)20-15(24)5-4-6-19(20)33-3/h4-10,13,31H,11-12H2,1-3H3,(H,28,32). The molecule has 0 bridgehead atoms. The van der Waals surface area contributed by atoms with Crippen molar-refractivity contribution >= 4 is 28.2 Å². The zero-order chi connectivity index (χ0) is 23.5. The van der Waals surface area contributed by atoms with Crippen LogP contribution in [0.3, 0.4) is 0 Å². The molecule has 0 saturated heterocycles. The number of anilines is 2. The Morgan fingerprint density at radius 1 is 1.27 bits per heavy atom. The Balaban J connectivity index is 1.72. The minimum absolute atomic E-state index is 0.0398. The zero-order valence-corrected chi connectivity index (χ0v) is 18.4. The van der Waals surface area contributed by atoms with Crippen LogP contribution in [0.4, 0.5) is 15.8 Å². The number of carbonyl (C=O) groups is 1. The fourth-order valence-corrected chi connectivity index (χ4v) is 3.67. The van der Waals surface area contributed by atoms with Gasteiger partial charge in [0.05, 0.1) is 42.4 Å². The number of amides is 1. The minimum atomic E-state index is -0.554. The lowest BCUT2D eigenvalue weighted by atomic mass is 10.1. The quantitative estimate of drug-likeness (QED) is 0.446. The Morgan fingerprint density at radius 3 is 2.85 bits per heavy atom. The number of likely N-dealkylation sites (N-methyl/N-ethyl adjacent to an activating group) is 1. The molecule has 1 amide bonds. The fourth-order valence-electron chi connectivity index (χ4n) is 3.67. The summed E-state index contributed by atoms with van der Waals surface area (Å²) in [6.07, 6.45) is 3.10. The molecule has 2 heterocycles. The van der Waals surface area contributed by atoms with E-state index in [9.17, 15) is 14.3 Å². The van der Waals surface area contributed by atoms with Crippen molar-refractivity contribution in [2.75, 3.05) is 37.5 Å². The van der Waals surface area contributed by atoms with Gasteiger partial charge in [0.15, 0.2) is 5.82 Å². The van der Waals surface area contributed by atoms with Gasteiger partial charge in [-0.3, -0.25) is 9.48 Å². The third kappa shape index (κ3) is 4.20. The number of ether oxygens (including phenoxy) is 1. The van der Waals surface area contributed by atoms with Gasteiger partial charge in [-0.15, -0.1) is 0 Å². The number of nitrogens with zero attached hydrogens (tertiary/aromatic N) is 5. The van der Waals surface area contributed by atoms with E-state index in [2.05, 4.69) is 20.4 Å². The van der Waals surface area contributed by atoms with Crippen molar-refractivity contribution in [2.45, 2.75) is 0 Å². The molecular formula is C23H23FN6O3. The van der Waals surface area contributed by atoms with Crippen LogP contribution in [0, 0.1) is 5.82 Å². The Hall–Kier alpha value is -4.05. The van der Waals surface area contributed by atoms with Crippen molar-refractivity contribution in [3.63, 3.8) is 0 Å². The molecule has 4 rings (SSSR count). The molecule has 2 aromatic heterocycles. The number of aryl methyl sites for hydroxylation is 1. The van der Waals surface area contributed by atoms with Crippen molar-refractivity contribution in [3.05, 3.63) is 60.3 Å². The Bertz CT molecular complexity index is 1320. The maximum atomic E-state index is 14.5. The highest BCUT2D eigenvalue weighted by atomic mass is 19.1. The molecule has 4 aromatic rings. The second kappa shape index (κ2) is 9.21. The number of aromatic nitrogens is 4. The first-order chi connectivity index (χ1) is 15.9. The number of benzene rings is 2. The number of carbonyl (C=O) groups excluding carboxylic acids is 1. The summed E-state index contributed by atoms with van der Waals surface area (Å²) in [5.41, 5.74) is 2.26. The van der Waals surface area contributed by atoms with Crippen LogP contribution in [0.2, 0.25) is 0 Å². The van der Waals surface area contributed by atoms with E-state index in [-0.39, 0.29) is 29.4 Å². The van der Waals surface area contributed by atoms with E-state index in [4.69, 9.17) is 4.74 Å². The number of nitrogens with one attached hydrogen (secondary N) is 1. The average molecular weight is 450 g/mol. The summed E-state index contributed by atoms with van der Waals surface area (Å²) >= 11 is 0. The molecular weight excluding hydrogens is 427 g/mol. The first-order valence-corrected chi connectivity index (χ1v) is 10.2. The summed E-state index contributed by atoms with van der Waals surface area (Å²) < 4.78 is 21.4. The van der Waals surface area contributed by atoms with Crippen LogP contribution in [0.1, 0.15) is 10.5 Å². The third-order valence-electron chi connectivity index (χ3n) is 5.28. The largest absolute Gasteiger partial charge is 0.496 e. The minimum Gasteiger partial charge on any atom is -0.496 e. The molecule has 0 aliphatic rings. The predicted octanol–water partition coefficient (Wildman–Crippen LogP) is 2.86. The van der Waals surface area contributed by atoms with E-state index in [1.165, 1.54) is 31.5 Å². The number of rotatable bonds is 7. The first-order valence-electron chi connectivity index (χ1n) is 10.2. The zero-order valence-electron chi connectivity index (χ0n) is 18.4. The van der Waals surface area contributed by atoms with Gasteiger partial charge in [0.1, 0.15) is 17.3 Å². The molecule has 2 aromatic carbocycles. The number of halogens is 1. The van der Waals surface area contributed by atoms with E-state index in [1.807, 2.05) is 25.1 Å². The molecule has 0 unspecified atom stereocenters. The Labute approximate surface area is 189 Å². The highest BCUT2D eigenvalue weighted by molar-refractivity contribution is 6.09. The molecule has 9 nitrogen and oxygen atoms in total. The first kappa shape index (κ1) is 22.2. The molecule has 0 radical (unpaired) electrons. The second-order valence-corrected chi connectivity index (χ2v) is 7.34. The highest BCUT2D eigenvalue weighted by Gasteiger charge is 2.20. The lowest BCUT2D eigenvalue weighted by Crippen LogP contribution is -2.24. The molecule has 0 spiro atoms. The van der Waals surface area contributed by atoms with Crippen molar-refractivity contribution in [1.82, 2.24) is 19.7 Å². The van der Waals surface area contributed by atoms with Crippen LogP contribution in [0.25, 0.3) is 22.3 Å². The van der Waals surface area contributed by atoms with Crippen LogP contribution in [0.15, 0.2) is 48.8 Å². The van der Waals surface area contributed by atoms with Crippen LogP contribution in [-0.2, 0) is 7.05 Å².